The lowest BCUT2D eigenvalue weighted by Crippen LogP contribution is -2.11. The Balaban J connectivity index is 2.43. The second-order valence-corrected chi connectivity index (χ2v) is 8.09. The highest BCUT2D eigenvalue weighted by atomic mass is 79.9. The Morgan fingerprint density at radius 3 is 2.61 bits per heavy atom. The molecule has 23 heavy (non-hydrogen) atoms. The van der Waals surface area contributed by atoms with E-state index in [9.17, 15) is 26.2 Å². The van der Waals surface area contributed by atoms with Crippen molar-refractivity contribution < 1.29 is 30.9 Å². The average molecular weight is 440 g/mol. The van der Waals surface area contributed by atoms with Gasteiger partial charge in [-0.15, -0.1) is 0 Å². The summed E-state index contributed by atoms with van der Waals surface area (Å²) in [4.78, 5) is 3.78. The molecule has 0 fully saturated rings. The van der Waals surface area contributed by atoms with Crippen LogP contribution in [0.4, 0.5) is 22.0 Å². The Kier molecular flexibility index (Phi) is 5.41. The Bertz CT molecular complexity index is 731. The van der Waals surface area contributed by atoms with E-state index in [0.717, 1.165) is 18.4 Å². The van der Waals surface area contributed by atoms with E-state index in [0.29, 0.717) is 8.47 Å². The van der Waals surface area contributed by atoms with Crippen molar-refractivity contribution in [2.75, 3.05) is 0 Å². The Morgan fingerprint density at radius 2 is 2.13 bits per heavy atom. The zero-order valence-electron chi connectivity index (χ0n) is 11.1. The molecule has 2 aromatic heterocycles. The quantitative estimate of drug-likeness (QED) is 0.668. The summed E-state index contributed by atoms with van der Waals surface area (Å²) in [5, 5.41) is 3.16. The second kappa shape index (κ2) is 6.81. The van der Waals surface area contributed by atoms with Gasteiger partial charge in [0.15, 0.2) is 10.0 Å². The van der Waals surface area contributed by atoms with E-state index >= 15 is 0 Å². The number of nitrogens with zero attached hydrogens (tertiary/aromatic N) is 3. The van der Waals surface area contributed by atoms with Crippen LogP contribution in [-0.4, -0.2) is 25.6 Å². The fourth-order valence-electron chi connectivity index (χ4n) is 1.68. The number of hydrogen-bond acceptors (Lipinski definition) is 5. The van der Waals surface area contributed by atoms with Gasteiger partial charge in [0.25, 0.3) is 0 Å². The van der Waals surface area contributed by atoms with Gasteiger partial charge in [-0.05, 0) is 15.9 Å². The number of rotatable bonds is 5. The van der Waals surface area contributed by atoms with Gasteiger partial charge >= 0.3 is 12.8 Å². The minimum atomic E-state index is -4.90. The molecule has 0 aliphatic rings. The number of aromatic nitrogens is 3. The van der Waals surface area contributed by atoms with Gasteiger partial charge in [0.05, 0.1) is 32.1 Å². The van der Waals surface area contributed by atoms with Crippen LogP contribution in [0.25, 0.3) is 0 Å². The van der Waals surface area contributed by atoms with E-state index in [-0.39, 0.29) is 4.34 Å². The second-order valence-electron chi connectivity index (χ2n) is 4.05. The first kappa shape index (κ1) is 18.3. The highest BCUT2D eigenvalue weighted by Gasteiger charge is 2.40. The molecule has 0 bridgehead atoms. The topological polar surface area (TPSA) is 57.0 Å². The lowest BCUT2D eigenvalue weighted by molar-refractivity contribution is -0.142. The highest BCUT2D eigenvalue weighted by molar-refractivity contribution is 9.11. The predicted molar refractivity (Wildman–Crippen MR) is 74.8 cm³/mol. The van der Waals surface area contributed by atoms with Crippen LogP contribution in [0.15, 0.2) is 14.3 Å². The van der Waals surface area contributed by atoms with E-state index < -0.39 is 46.5 Å². The maximum atomic E-state index is 13.0. The molecule has 2 rings (SSSR count). The third kappa shape index (κ3) is 4.26. The summed E-state index contributed by atoms with van der Waals surface area (Å²) in [6.07, 6.45) is -3.56. The van der Waals surface area contributed by atoms with Gasteiger partial charge in [0.1, 0.15) is 0 Å². The molecular formula is C10H7BrF5N3O2S2. The number of hydrogen-bond donors (Lipinski definition) is 0. The highest BCUT2D eigenvalue weighted by Crippen LogP contribution is 2.37. The average Bonchev–Trinajstić information content (AvgIpc) is 2.96. The predicted octanol–water partition coefficient (Wildman–Crippen LogP) is 3.57. The molecule has 1 atom stereocenters. The largest absolute Gasteiger partial charge is 0.435 e. The molecule has 2 aromatic rings. The SMILES string of the molecule is Cn1nc(C(F)(F)F)c(C[S@@](=O)c2ncc(Br)s2)c1OC(F)F. The lowest BCUT2D eigenvalue weighted by Gasteiger charge is -2.08. The standard InChI is InChI=1S/C10H7BrF5N3O2S2/c1-19-7(21-8(12)13)4(6(18-19)10(14,15)16)3-23(20)9-17-2-5(11)22-9/h2,8H,3H2,1H3/t23-/m1/s1. The number of thiazole rings is 1. The van der Waals surface area contributed by atoms with Crippen molar-refractivity contribution in [3.63, 3.8) is 0 Å². The van der Waals surface area contributed by atoms with Crippen LogP contribution < -0.4 is 4.74 Å². The summed E-state index contributed by atoms with van der Waals surface area (Å²) in [6, 6.07) is 0. The van der Waals surface area contributed by atoms with Gasteiger partial charge in [-0.25, -0.2) is 9.67 Å². The van der Waals surface area contributed by atoms with Gasteiger partial charge in [0.2, 0.25) is 5.88 Å². The van der Waals surface area contributed by atoms with Gasteiger partial charge in [-0.3, -0.25) is 4.21 Å². The number of alkyl halides is 5. The monoisotopic (exact) mass is 439 g/mol. The number of halogens is 6. The van der Waals surface area contributed by atoms with Crippen molar-refractivity contribution >= 4 is 38.1 Å². The van der Waals surface area contributed by atoms with Crippen LogP contribution >= 0.6 is 27.3 Å². The number of ether oxygens (including phenoxy) is 1. The molecule has 0 saturated carbocycles. The Hall–Kier alpha value is -1.08. The van der Waals surface area contributed by atoms with Crippen LogP contribution in [0.3, 0.4) is 0 Å². The lowest BCUT2D eigenvalue weighted by atomic mass is 10.2. The number of aryl methyl sites for hydroxylation is 1. The molecule has 0 amide bonds. The molecule has 0 spiro atoms. The summed E-state index contributed by atoms with van der Waals surface area (Å²) in [5.74, 6) is -1.48. The summed E-state index contributed by atoms with van der Waals surface area (Å²) in [6.45, 7) is -3.34. The van der Waals surface area contributed by atoms with Crippen molar-refractivity contribution in [3.8, 4) is 5.88 Å². The van der Waals surface area contributed by atoms with Crippen molar-refractivity contribution in [2.45, 2.75) is 22.9 Å². The van der Waals surface area contributed by atoms with Gasteiger partial charge in [0, 0.05) is 7.05 Å². The molecule has 0 saturated heterocycles. The maximum Gasteiger partial charge on any atom is 0.435 e. The summed E-state index contributed by atoms with van der Waals surface area (Å²) in [5.41, 5.74) is -2.12. The van der Waals surface area contributed by atoms with Crippen LogP contribution in [0, 0.1) is 0 Å². The molecule has 0 radical (unpaired) electrons. The van der Waals surface area contributed by atoms with Crippen LogP contribution in [0.1, 0.15) is 11.3 Å². The molecule has 0 unspecified atom stereocenters. The van der Waals surface area contributed by atoms with E-state index in [2.05, 4.69) is 30.7 Å². The third-order valence-electron chi connectivity index (χ3n) is 2.48. The summed E-state index contributed by atoms with van der Waals surface area (Å²) < 4.78 is 81.2. The van der Waals surface area contributed by atoms with Crippen molar-refractivity contribution in [2.24, 2.45) is 7.05 Å². The smallest absolute Gasteiger partial charge is 0.417 e. The molecule has 128 valence electrons. The minimum absolute atomic E-state index is 0.0526. The van der Waals surface area contributed by atoms with Gasteiger partial charge in [-0.2, -0.15) is 27.1 Å². The first-order valence-electron chi connectivity index (χ1n) is 5.67. The molecule has 2 heterocycles. The zero-order valence-corrected chi connectivity index (χ0v) is 14.3. The molecule has 0 aromatic carbocycles. The normalized spacial score (nSPS) is 13.6. The first-order chi connectivity index (χ1) is 10.6. The summed E-state index contributed by atoms with van der Waals surface area (Å²) >= 11 is 4.05. The van der Waals surface area contributed by atoms with Crippen LogP contribution in [-0.2, 0) is 29.8 Å². The zero-order chi connectivity index (χ0) is 17.4. The van der Waals surface area contributed by atoms with E-state index in [4.69, 9.17) is 0 Å². The van der Waals surface area contributed by atoms with Crippen molar-refractivity contribution in [3.05, 3.63) is 21.2 Å². The van der Waals surface area contributed by atoms with E-state index in [1.54, 1.807) is 0 Å². The Morgan fingerprint density at radius 1 is 1.48 bits per heavy atom. The fourth-order valence-corrected chi connectivity index (χ4v) is 4.58. The maximum absolute atomic E-state index is 13.0. The molecule has 0 N–H and O–H groups in total. The van der Waals surface area contributed by atoms with E-state index in [1.165, 1.54) is 6.20 Å². The molecule has 13 heteroatoms. The molecule has 0 aliphatic carbocycles. The first-order valence-corrected chi connectivity index (χ1v) is 8.60. The van der Waals surface area contributed by atoms with Crippen molar-refractivity contribution in [1.82, 2.24) is 14.8 Å². The third-order valence-corrected chi connectivity index (χ3v) is 5.61. The molecular weight excluding hydrogens is 433 g/mol. The minimum Gasteiger partial charge on any atom is -0.417 e. The fraction of sp³-hybridized carbons (Fsp3) is 0.400. The van der Waals surface area contributed by atoms with Gasteiger partial charge < -0.3 is 4.74 Å². The molecule has 0 aliphatic heterocycles. The summed E-state index contributed by atoms with van der Waals surface area (Å²) in [7, 11) is -0.944. The van der Waals surface area contributed by atoms with Crippen molar-refractivity contribution in [1.29, 1.82) is 0 Å². The van der Waals surface area contributed by atoms with Crippen LogP contribution in [0.2, 0.25) is 0 Å². The van der Waals surface area contributed by atoms with Gasteiger partial charge in [-0.1, -0.05) is 11.3 Å². The van der Waals surface area contributed by atoms with Crippen LogP contribution in [0.5, 0.6) is 5.88 Å². The molecule has 5 nitrogen and oxygen atoms in total. The van der Waals surface area contributed by atoms with E-state index in [1.807, 2.05) is 0 Å². The Labute approximate surface area is 141 Å².